The van der Waals surface area contributed by atoms with Crippen LogP contribution in [-0.2, 0) is 0 Å². The molecule has 2 aromatic rings. The van der Waals surface area contributed by atoms with E-state index < -0.39 is 17.4 Å². The molecule has 0 atom stereocenters. The van der Waals surface area contributed by atoms with Crippen LogP contribution in [0.25, 0.3) is 16.7 Å². The van der Waals surface area contributed by atoms with Crippen molar-refractivity contribution in [2.24, 2.45) is 0 Å². The van der Waals surface area contributed by atoms with Gasteiger partial charge in [0.25, 0.3) is 0 Å². The lowest BCUT2D eigenvalue weighted by Crippen LogP contribution is -2.03. The normalized spacial score (nSPS) is 13.6. The third kappa shape index (κ3) is 2.44. The van der Waals surface area contributed by atoms with Crippen LogP contribution in [0.2, 0.25) is 10.4 Å². The van der Waals surface area contributed by atoms with Crippen molar-refractivity contribution in [3.63, 3.8) is 0 Å². The van der Waals surface area contributed by atoms with E-state index in [1.165, 1.54) is 13.1 Å². The summed E-state index contributed by atoms with van der Waals surface area (Å²) in [6.07, 6.45) is 3.26. The number of hydrogen-bond donors (Lipinski definition) is 0. The maximum absolute atomic E-state index is 13.9. The molecule has 0 aliphatic heterocycles. The second-order valence-electron chi connectivity index (χ2n) is 3.61. The third-order valence-corrected chi connectivity index (χ3v) is 2.91. The first kappa shape index (κ1) is 14.6. The molecule has 0 saturated heterocycles. The summed E-state index contributed by atoms with van der Waals surface area (Å²) >= 11 is 11.6. The monoisotopic (exact) mass is 316 g/mol. The van der Waals surface area contributed by atoms with Crippen LogP contribution in [0.4, 0.5) is 8.78 Å². The van der Waals surface area contributed by atoms with Crippen molar-refractivity contribution in [2.75, 3.05) is 0 Å². The highest BCUT2D eigenvalue weighted by Gasteiger charge is 2.19. The zero-order chi connectivity index (χ0) is 14.9. The Labute approximate surface area is 123 Å². The lowest BCUT2D eigenvalue weighted by molar-refractivity contribution is 0.618. The van der Waals surface area contributed by atoms with Crippen molar-refractivity contribution in [1.29, 1.82) is 0 Å². The molecule has 0 aromatic carbocycles. The summed E-state index contributed by atoms with van der Waals surface area (Å²) in [6, 6.07) is 0. The van der Waals surface area contributed by atoms with Gasteiger partial charge in [-0.2, -0.15) is 10.1 Å². The molecule has 2 aromatic heterocycles. The zero-order valence-electron chi connectivity index (χ0n) is 10.2. The van der Waals surface area contributed by atoms with Gasteiger partial charge in [-0.05, 0) is 30.7 Å². The number of nitrogens with zero attached hydrogens (tertiary/aromatic N) is 4. The smallest absolute Gasteiger partial charge is 0.209 e. The fourth-order valence-electron chi connectivity index (χ4n) is 1.56. The molecule has 4 nitrogen and oxygen atoms in total. The van der Waals surface area contributed by atoms with Gasteiger partial charge in [0, 0.05) is 0 Å². The maximum atomic E-state index is 13.9. The third-order valence-electron chi connectivity index (χ3n) is 2.45. The molecule has 0 amide bonds. The van der Waals surface area contributed by atoms with Gasteiger partial charge in [0.1, 0.15) is 16.7 Å². The van der Waals surface area contributed by atoms with Gasteiger partial charge in [0.15, 0.2) is 11.5 Å². The van der Waals surface area contributed by atoms with Crippen molar-refractivity contribution in [3.05, 3.63) is 47.0 Å². The highest BCUT2D eigenvalue weighted by atomic mass is 35.5. The summed E-state index contributed by atoms with van der Waals surface area (Å²) in [4.78, 5) is 7.62. The van der Waals surface area contributed by atoms with E-state index in [-0.39, 0.29) is 16.1 Å². The molecule has 0 unspecified atom stereocenters. The molecule has 0 saturated carbocycles. The quantitative estimate of drug-likeness (QED) is 0.481. The summed E-state index contributed by atoms with van der Waals surface area (Å²) in [6.45, 7) is 4.69. The summed E-state index contributed by atoms with van der Waals surface area (Å²) in [5.74, 6) is -1.71. The molecule has 0 bridgehead atoms. The predicted octanol–water partition coefficient (Wildman–Crippen LogP) is 4.33. The van der Waals surface area contributed by atoms with Gasteiger partial charge in [0.2, 0.25) is 5.28 Å². The van der Waals surface area contributed by atoms with Gasteiger partial charge in [-0.3, -0.25) is 0 Å². The van der Waals surface area contributed by atoms with Crippen LogP contribution in [-0.4, -0.2) is 19.7 Å². The fourth-order valence-corrected chi connectivity index (χ4v) is 1.98. The first-order valence-electron chi connectivity index (χ1n) is 5.41. The maximum Gasteiger partial charge on any atom is 0.225 e. The van der Waals surface area contributed by atoms with Crippen molar-refractivity contribution in [2.45, 2.75) is 6.92 Å². The lowest BCUT2D eigenvalue weighted by atomic mass is 10.3. The molecule has 0 N–H and O–H groups in total. The molecule has 0 fully saturated rings. The van der Waals surface area contributed by atoms with E-state index in [9.17, 15) is 8.78 Å². The van der Waals surface area contributed by atoms with Crippen LogP contribution in [0.1, 0.15) is 6.92 Å². The Hall–Kier alpha value is -1.79. The van der Waals surface area contributed by atoms with Crippen molar-refractivity contribution in [3.8, 4) is 0 Å². The highest BCUT2D eigenvalue weighted by Crippen LogP contribution is 2.29. The second kappa shape index (κ2) is 5.68. The van der Waals surface area contributed by atoms with Crippen LogP contribution in [0.3, 0.4) is 0 Å². The SMILES string of the molecule is C=C/C(F)=C(\C(F)=C/C)n1ncc2c(Cl)nc(Cl)nc21. The van der Waals surface area contributed by atoms with Crippen LogP contribution in [0, 0.1) is 0 Å². The van der Waals surface area contributed by atoms with Gasteiger partial charge >= 0.3 is 0 Å². The Morgan fingerprint density at radius 2 is 2.05 bits per heavy atom. The predicted molar refractivity (Wildman–Crippen MR) is 74.7 cm³/mol. The highest BCUT2D eigenvalue weighted by molar-refractivity contribution is 6.35. The Morgan fingerprint density at radius 3 is 2.65 bits per heavy atom. The number of aromatic nitrogens is 4. The van der Waals surface area contributed by atoms with Crippen molar-refractivity contribution in [1.82, 2.24) is 19.7 Å². The minimum Gasteiger partial charge on any atom is -0.209 e. The Kier molecular flexibility index (Phi) is 4.15. The number of hydrogen-bond acceptors (Lipinski definition) is 3. The average Bonchev–Trinajstić information content (AvgIpc) is 2.82. The van der Waals surface area contributed by atoms with E-state index in [1.54, 1.807) is 0 Å². The molecule has 0 aliphatic rings. The molecule has 0 radical (unpaired) electrons. The van der Waals surface area contributed by atoms with E-state index in [2.05, 4.69) is 21.6 Å². The minimum absolute atomic E-state index is 0.0468. The summed E-state index contributed by atoms with van der Waals surface area (Å²) in [5, 5.41) is 4.11. The first-order chi connectivity index (χ1) is 9.49. The molecule has 0 spiro atoms. The van der Waals surface area contributed by atoms with Gasteiger partial charge in [-0.25, -0.2) is 18.4 Å². The number of rotatable bonds is 3. The van der Waals surface area contributed by atoms with Crippen molar-refractivity contribution >= 4 is 39.9 Å². The number of allylic oxidation sites excluding steroid dienone is 5. The fraction of sp³-hybridized carbons (Fsp3) is 0.0833. The zero-order valence-corrected chi connectivity index (χ0v) is 11.8. The van der Waals surface area contributed by atoms with E-state index >= 15 is 0 Å². The first-order valence-corrected chi connectivity index (χ1v) is 6.16. The molecule has 8 heteroatoms. The van der Waals surface area contributed by atoms with Crippen LogP contribution < -0.4 is 0 Å². The van der Waals surface area contributed by atoms with Crippen LogP contribution in [0.15, 0.2) is 36.6 Å². The summed E-state index contributed by atoms with van der Waals surface area (Å²) in [5.41, 5.74) is -0.331. The summed E-state index contributed by atoms with van der Waals surface area (Å²) < 4.78 is 28.7. The molecule has 104 valence electrons. The van der Waals surface area contributed by atoms with Gasteiger partial charge in [-0.1, -0.05) is 18.2 Å². The second-order valence-corrected chi connectivity index (χ2v) is 4.31. The number of fused-ring (bicyclic) bond motifs is 1. The summed E-state index contributed by atoms with van der Waals surface area (Å²) in [7, 11) is 0. The largest absolute Gasteiger partial charge is 0.225 e. The number of halogens is 4. The molecular formula is C12H8Cl2F2N4. The Morgan fingerprint density at radius 1 is 1.35 bits per heavy atom. The standard InChI is InChI=1S/C12H8Cl2F2N4/c1-3-7(15)9(8(16)4-2)20-11-6(5-17-20)10(13)18-12(14)19-11/h3-5H,1H2,2H3/b8-4+,9-7-. The molecular weight excluding hydrogens is 309 g/mol. The topological polar surface area (TPSA) is 43.6 Å². The van der Waals surface area contributed by atoms with Gasteiger partial charge in [-0.15, -0.1) is 0 Å². The van der Waals surface area contributed by atoms with E-state index in [0.717, 1.165) is 16.8 Å². The molecule has 2 rings (SSSR count). The average molecular weight is 317 g/mol. The van der Waals surface area contributed by atoms with Crippen LogP contribution >= 0.6 is 23.2 Å². The van der Waals surface area contributed by atoms with Crippen LogP contribution in [0.5, 0.6) is 0 Å². The van der Waals surface area contributed by atoms with E-state index in [4.69, 9.17) is 23.2 Å². The lowest BCUT2D eigenvalue weighted by Gasteiger charge is -2.07. The Balaban J connectivity index is 2.83. The molecule has 20 heavy (non-hydrogen) atoms. The molecule has 2 heterocycles. The Bertz CT molecular complexity index is 749. The van der Waals surface area contributed by atoms with Gasteiger partial charge in [0.05, 0.1) is 11.6 Å². The van der Waals surface area contributed by atoms with E-state index in [1.807, 2.05) is 0 Å². The van der Waals surface area contributed by atoms with Gasteiger partial charge < -0.3 is 0 Å². The van der Waals surface area contributed by atoms with E-state index in [0.29, 0.717) is 5.39 Å². The molecule has 0 aliphatic carbocycles. The van der Waals surface area contributed by atoms with Crippen molar-refractivity contribution < 1.29 is 8.78 Å². The minimum atomic E-state index is -0.892.